The summed E-state index contributed by atoms with van der Waals surface area (Å²) in [6.45, 7) is 7.75. The van der Waals surface area contributed by atoms with Crippen LogP contribution in [0.5, 0.6) is 0 Å². The Morgan fingerprint density at radius 2 is 2.29 bits per heavy atom. The largest absolute Gasteiger partial charge is 0.336 e. The molecule has 0 spiro atoms. The van der Waals surface area contributed by atoms with Crippen molar-refractivity contribution in [1.29, 1.82) is 0 Å². The number of nitrogens with one attached hydrogen (secondary N) is 1. The SMILES string of the molecule is CCC(N)C(=O)N1CCNC(C)C1C. The lowest BCUT2D eigenvalue weighted by molar-refractivity contribution is -0.136. The monoisotopic (exact) mass is 199 g/mol. The normalized spacial score (nSPS) is 30.1. The molecule has 1 aliphatic heterocycles. The van der Waals surface area contributed by atoms with Crippen LogP contribution in [-0.2, 0) is 4.79 Å². The molecule has 3 unspecified atom stereocenters. The molecule has 4 nitrogen and oxygen atoms in total. The van der Waals surface area contributed by atoms with Gasteiger partial charge < -0.3 is 16.0 Å². The van der Waals surface area contributed by atoms with Gasteiger partial charge in [0.1, 0.15) is 0 Å². The molecule has 0 aliphatic carbocycles. The Labute approximate surface area is 85.8 Å². The van der Waals surface area contributed by atoms with Crippen LogP contribution in [0, 0.1) is 0 Å². The van der Waals surface area contributed by atoms with Crippen molar-refractivity contribution >= 4 is 5.91 Å². The van der Waals surface area contributed by atoms with Gasteiger partial charge in [0.25, 0.3) is 0 Å². The first-order chi connectivity index (χ1) is 6.57. The van der Waals surface area contributed by atoms with E-state index in [1.54, 1.807) is 0 Å². The second kappa shape index (κ2) is 4.75. The highest BCUT2D eigenvalue weighted by Crippen LogP contribution is 2.10. The zero-order chi connectivity index (χ0) is 10.7. The maximum atomic E-state index is 11.9. The Bertz CT molecular complexity index is 208. The molecule has 82 valence electrons. The first-order valence-corrected chi connectivity index (χ1v) is 5.37. The average molecular weight is 199 g/mol. The van der Waals surface area contributed by atoms with Crippen LogP contribution in [0.4, 0.5) is 0 Å². The molecule has 0 aromatic carbocycles. The molecule has 1 rings (SSSR count). The van der Waals surface area contributed by atoms with Gasteiger partial charge >= 0.3 is 0 Å². The Morgan fingerprint density at radius 1 is 1.64 bits per heavy atom. The van der Waals surface area contributed by atoms with Crippen molar-refractivity contribution in [2.24, 2.45) is 5.73 Å². The zero-order valence-electron chi connectivity index (χ0n) is 9.29. The minimum Gasteiger partial charge on any atom is -0.336 e. The predicted octanol–water partition coefficient (Wildman–Crippen LogP) is -0.0675. The Morgan fingerprint density at radius 3 is 2.86 bits per heavy atom. The van der Waals surface area contributed by atoms with Crippen LogP contribution >= 0.6 is 0 Å². The fourth-order valence-electron chi connectivity index (χ4n) is 1.76. The minimum absolute atomic E-state index is 0.0911. The van der Waals surface area contributed by atoms with Gasteiger partial charge in [-0.05, 0) is 20.3 Å². The quantitative estimate of drug-likeness (QED) is 0.654. The number of carbonyl (C=O) groups is 1. The third-order valence-electron chi connectivity index (χ3n) is 3.07. The topological polar surface area (TPSA) is 58.4 Å². The summed E-state index contributed by atoms with van der Waals surface area (Å²) in [5, 5.41) is 3.34. The van der Waals surface area contributed by atoms with Gasteiger partial charge in [-0.25, -0.2) is 0 Å². The lowest BCUT2D eigenvalue weighted by Crippen LogP contribution is -2.60. The maximum absolute atomic E-state index is 11.9. The van der Waals surface area contributed by atoms with Crippen LogP contribution in [-0.4, -0.2) is 42.0 Å². The average Bonchev–Trinajstić information content (AvgIpc) is 2.20. The Hall–Kier alpha value is -0.610. The van der Waals surface area contributed by atoms with Gasteiger partial charge in [0, 0.05) is 25.2 Å². The number of carbonyl (C=O) groups excluding carboxylic acids is 1. The molecular formula is C10H21N3O. The number of hydrogen-bond acceptors (Lipinski definition) is 3. The third-order valence-corrected chi connectivity index (χ3v) is 3.07. The number of nitrogens with zero attached hydrogens (tertiary/aromatic N) is 1. The first-order valence-electron chi connectivity index (χ1n) is 5.37. The summed E-state index contributed by atoms with van der Waals surface area (Å²) in [6.07, 6.45) is 0.712. The van der Waals surface area contributed by atoms with E-state index in [4.69, 9.17) is 5.73 Å². The predicted molar refractivity (Wildman–Crippen MR) is 56.9 cm³/mol. The van der Waals surface area contributed by atoms with Crippen LogP contribution in [0.25, 0.3) is 0 Å². The molecule has 1 aliphatic rings. The van der Waals surface area contributed by atoms with Gasteiger partial charge in [-0.15, -0.1) is 0 Å². The second-order valence-electron chi connectivity index (χ2n) is 4.03. The summed E-state index contributed by atoms with van der Waals surface area (Å²) >= 11 is 0. The summed E-state index contributed by atoms with van der Waals surface area (Å²) in [4.78, 5) is 13.8. The molecule has 3 atom stereocenters. The number of hydrogen-bond donors (Lipinski definition) is 2. The highest BCUT2D eigenvalue weighted by atomic mass is 16.2. The first kappa shape index (κ1) is 11.5. The van der Waals surface area contributed by atoms with E-state index in [-0.39, 0.29) is 18.0 Å². The zero-order valence-corrected chi connectivity index (χ0v) is 9.29. The molecule has 4 heteroatoms. The van der Waals surface area contributed by atoms with Crippen LogP contribution in [0.15, 0.2) is 0 Å². The molecule has 0 aromatic rings. The van der Waals surface area contributed by atoms with Crippen molar-refractivity contribution < 1.29 is 4.79 Å². The van der Waals surface area contributed by atoms with Crippen molar-refractivity contribution in [3.63, 3.8) is 0 Å². The Balaban J connectivity index is 2.62. The van der Waals surface area contributed by atoms with Crippen molar-refractivity contribution in [2.75, 3.05) is 13.1 Å². The van der Waals surface area contributed by atoms with Crippen LogP contribution in [0.3, 0.4) is 0 Å². The third kappa shape index (κ3) is 2.25. The number of nitrogens with two attached hydrogens (primary N) is 1. The smallest absolute Gasteiger partial charge is 0.239 e. The number of rotatable bonds is 2. The minimum atomic E-state index is -0.331. The molecule has 3 N–H and O–H groups in total. The fraction of sp³-hybridized carbons (Fsp3) is 0.900. The van der Waals surface area contributed by atoms with Gasteiger partial charge in [0.2, 0.25) is 5.91 Å². The lowest BCUT2D eigenvalue weighted by Gasteiger charge is -2.39. The molecule has 0 bridgehead atoms. The summed E-state index contributed by atoms with van der Waals surface area (Å²) in [7, 11) is 0. The van der Waals surface area contributed by atoms with Crippen LogP contribution < -0.4 is 11.1 Å². The highest BCUT2D eigenvalue weighted by Gasteiger charge is 2.30. The molecule has 0 aromatic heterocycles. The van der Waals surface area contributed by atoms with Crippen molar-refractivity contribution in [1.82, 2.24) is 10.2 Å². The number of piperazine rings is 1. The standard InChI is InChI=1S/C10H21N3O/c1-4-9(11)10(14)13-6-5-12-7(2)8(13)3/h7-9,12H,4-6,11H2,1-3H3. The molecule has 0 radical (unpaired) electrons. The van der Waals surface area contributed by atoms with Crippen LogP contribution in [0.1, 0.15) is 27.2 Å². The molecule has 1 heterocycles. The van der Waals surface area contributed by atoms with E-state index in [0.717, 1.165) is 13.1 Å². The van der Waals surface area contributed by atoms with Crippen molar-refractivity contribution in [3.8, 4) is 0 Å². The van der Waals surface area contributed by atoms with Gasteiger partial charge in [-0.3, -0.25) is 4.79 Å². The molecular weight excluding hydrogens is 178 g/mol. The van der Waals surface area contributed by atoms with E-state index < -0.39 is 0 Å². The van der Waals surface area contributed by atoms with Crippen molar-refractivity contribution in [2.45, 2.75) is 45.3 Å². The Kier molecular flexibility index (Phi) is 3.89. The second-order valence-corrected chi connectivity index (χ2v) is 4.03. The summed E-state index contributed by atoms with van der Waals surface area (Å²) < 4.78 is 0. The number of amides is 1. The lowest BCUT2D eigenvalue weighted by atomic mass is 10.1. The van der Waals surface area contributed by atoms with Gasteiger partial charge in [-0.2, -0.15) is 0 Å². The summed E-state index contributed by atoms with van der Waals surface area (Å²) in [5.74, 6) is 0.0911. The van der Waals surface area contributed by atoms with Gasteiger partial charge in [-0.1, -0.05) is 6.92 Å². The van der Waals surface area contributed by atoms with E-state index in [1.807, 2.05) is 11.8 Å². The summed E-state index contributed by atoms with van der Waals surface area (Å²) in [5.41, 5.74) is 5.74. The van der Waals surface area contributed by atoms with Gasteiger partial charge in [0.15, 0.2) is 0 Å². The molecule has 0 saturated carbocycles. The van der Waals surface area contributed by atoms with Gasteiger partial charge in [0.05, 0.1) is 6.04 Å². The highest BCUT2D eigenvalue weighted by molar-refractivity contribution is 5.82. The molecule has 1 fully saturated rings. The van der Waals surface area contributed by atoms with Crippen LogP contribution in [0.2, 0.25) is 0 Å². The van der Waals surface area contributed by atoms with E-state index in [2.05, 4.69) is 19.2 Å². The molecule has 14 heavy (non-hydrogen) atoms. The molecule has 1 saturated heterocycles. The maximum Gasteiger partial charge on any atom is 0.239 e. The van der Waals surface area contributed by atoms with E-state index >= 15 is 0 Å². The fourth-order valence-corrected chi connectivity index (χ4v) is 1.76. The van der Waals surface area contributed by atoms with E-state index in [1.165, 1.54) is 0 Å². The van der Waals surface area contributed by atoms with Crippen molar-refractivity contribution in [3.05, 3.63) is 0 Å². The summed E-state index contributed by atoms with van der Waals surface area (Å²) in [6, 6.07) is 0.272. The molecule has 1 amide bonds. The van der Waals surface area contributed by atoms with E-state index in [0.29, 0.717) is 12.5 Å². The van der Waals surface area contributed by atoms with E-state index in [9.17, 15) is 4.79 Å².